The summed E-state index contributed by atoms with van der Waals surface area (Å²) in [6.45, 7) is 1.37. The number of carbonyl (C=O) groups is 1. The van der Waals surface area contributed by atoms with Crippen LogP contribution < -0.4 is 5.56 Å². The van der Waals surface area contributed by atoms with Crippen LogP contribution in [0.2, 0.25) is 0 Å². The first kappa shape index (κ1) is 10.3. The topological polar surface area (TPSA) is 85.1 Å². The van der Waals surface area contributed by atoms with Crippen LogP contribution in [0.25, 0.3) is 10.9 Å². The summed E-state index contributed by atoms with van der Waals surface area (Å²) in [5, 5.41) is 16.3. The summed E-state index contributed by atoms with van der Waals surface area (Å²) in [4.78, 5) is 22.3. The molecule has 0 saturated carbocycles. The fraction of sp³-hybridized carbons (Fsp3) is 0.200. The molecule has 82 valence electrons. The zero-order valence-corrected chi connectivity index (χ0v) is 8.54. The lowest BCUT2D eigenvalue weighted by atomic mass is 10.2. The van der Waals surface area contributed by atoms with Crippen LogP contribution in [-0.4, -0.2) is 26.1 Å². The maximum Gasteiger partial charge on any atom is 0.325 e. The fourth-order valence-electron chi connectivity index (χ4n) is 1.42. The number of nitrogens with zero attached hydrogens (tertiary/aromatic N) is 3. The van der Waals surface area contributed by atoms with E-state index in [0.29, 0.717) is 10.9 Å². The van der Waals surface area contributed by atoms with Crippen molar-refractivity contribution in [1.29, 1.82) is 0 Å². The number of fused-ring (bicyclic) bond motifs is 1. The van der Waals surface area contributed by atoms with Gasteiger partial charge in [-0.05, 0) is 19.1 Å². The van der Waals surface area contributed by atoms with Gasteiger partial charge in [-0.25, -0.2) is 0 Å². The molecular weight excluding hydrogens is 210 g/mol. The molecule has 2 aromatic rings. The summed E-state index contributed by atoms with van der Waals surface area (Å²) in [5.74, 6) is -1.12. The van der Waals surface area contributed by atoms with Gasteiger partial charge in [0.15, 0.2) is 0 Å². The van der Waals surface area contributed by atoms with Crippen LogP contribution in [0.1, 0.15) is 5.56 Å². The Morgan fingerprint density at radius 2 is 2.25 bits per heavy atom. The molecule has 0 spiro atoms. The van der Waals surface area contributed by atoms with E-state index >= 15 is 0 Å². The molecule has 16 heavy (non-hydrogen) atoms. The summed E-state index contributed by atoms with van der Waals surface area (Å²) in [6.07, 6.45) is 0. The van der Waals surface area contributed by atoms with Gasteiger partial charge in [-0.3, -0.25) is 9.59 Å². The van der Waals surface area contributed by atoms with E-state index in [1.165, 1.54) is 0 Å². The van der Waals surface area contributed by atoms with Crippen molar-refractivity contribution in [3.8, 4) is 0 Å². The monoisotopic (exact) mass is 219 g/mol. The van der Waals surface area contributed by atoms with E-state index in [9.17, 15) is 9.59 Å². The minimum Gasteiger partial charge on any atom is -0.480 e. The van der Waals surface area contributed by atoms with E-state index in [4.69, 9.17) is 5.11 Å². The fourth-order valence-corrected chi connectivity index (χ4v) is 1.42. The van der Waals surface area contributed by atoms with Gasteiger partial charge in [0.05, 0.1) is 5.39 Å². The number of carboxylic acids is 1. The molecule has 0 aliphatic heterocycles. The van der Waals surface area contributed by atoms with Crippen molar-refractivity contribution in [3.05, 3.63) is 34.1 Å². The van der Waals surface area contributed by atoms with Crippen molar-refractivity contribution >= 4 is 16.9 Å². The molecule has 0 aliphatic rings. The van der Waals surface area contributed by atoms with Crippen LogP contribution in [-0.2, 0) is 11.3 Å². The second kappa shape index (κ2) is 3.73. The molecule has 6 nitrogen and oxygen atoms in total. The molecule has 1 aromatic heterocycles. The summed E-state index contributed by atoms with van der Waals surface area (Å²) >= 11 is 0. The Morgan fingerprint density at radius 3 is 2.94 bits per heavy atom. The van der Waals surface area contributed by atoms with Gasteiger partial charge in [-0.1, -0.05) is 16.8 Å². The van der Waals surface area contributed by atoms with Gasteiger partial charge in [-0.2, -0.15) is 4.68 Å². The maximum absolute atomic E-state index is 11.8. The zero-order chi connectivity index (χ0) is 11.7. The van der Waals surface area contributed by atoms with E-state index in [1.807, 2.05) is 13.0 Å². The minimum atomic E-state index is -1.12. The molecule has 1 aromatic carbocycles. The predicted molar refractivity (Wildman–Crippen MR) is 56.2 cm³/mol. The highest BCUT2D eigenvalue weighted by atomic mass is 16.4. The van der Waals surface area contributed by atoms with Crippen molar-refractivity contribution in [3.63, 3.8) is 0 Å². The highest BCUT2D eigenvalue weighted by molar-refractivity contribution is 5.77. The number of carboxylic acid groups (broad SMARTS) is 1. The minimum absolute atomic E-state index is 0.385. The molecule has 0 aliphatic carbocycles. The normalized spacial score (nSPS) is 10.6. The molecule has 1 N–H and O–H groups in total. The van der Waals surface area contributed by atoms with Gasteiger partial charge >= 0.3 is 5.97 Å². The molecule has 1 heterocycles. The third-order valence-corrected chi connectivity index (χ3v) is 2.16. The second-order valence-electron chi connectivity index (χ2n) is 3.47. The number of aliphatic carboxylic acids is 1. The molecule has 0 saturated heterocycles. The lowest BCUT2D eigenvalue weighted by Gasteiger charge is -2.02. The first-order valence-electron chi connectivity index (χ1n) is 4.64. The highest BCUT2D eigenvalue weighted by Crippen LogP contribution is 2.07. The van der Waals surface area contributed by atoms with E-state index in [-0.39, 0.29) is 0 Å². The third kappa shape index (κ3) is 1.77. The van der Waals surface area contributed by atoms with Crippen molar-refractivity contribution in [2.45, 2.75) is 13.5 Å². The Bertz CT molecular complexity index is 618. The highest BCUT2D eigenvalue weighted by Gasteiger charge is 2.08. The van der Waals surface area contributed by atoms with E-state index in [2.05, 4.69) is 10.3 Å². The number of hydrogen-bond acceptors (Lipinski definition) is 4. The SMILES string of the molecule is Cc1ccc2nnn(CC(=O)O)c(=O)c2c1. The van der Waals surface area contributed by atoms with Crippen LogP contribution >= 0.6 is 0 Å². The standard InChI is InChI=1S/C10H9N3O3/c1-6-2-3-8-7(4-6)10(16)13(12-11-8)5-9(14)15/h2-4H,5H2,1H3,(H,14,15). The number of rotatable bonds is 2. The Kier molecular flexibility index (Phi) is 2.40. The molecule has 2 rings (SSSR count). The number of hydrogen-bond donors (Lipinski definition) is 1. The second-order valence-corrected chi connectivity index (χ2v) is 3.47. The quantitative estimate of drug-likeness (QED) is 0.779. The Labute approximate surface area is 90.1 Å². The molecule has 6 heteroatoms. The largest absolute Gasteiger partial charge is 0.480 e. The zero-order valence-electron chi connectivity index (χ0n) is 8.54. The summed E-state index contributed by atoms with van der Waals surface area (Å²) in [5.41, 5.74) is 0.952. The Hall–Kier alpha value is -2.24. The lowest BCUT2D eigenvalue weighted by molar-refractivity contribution is -0.138. The Morgan fingerprint density at radius 1 is 1.50 bits per heavy atom. The Balaban J connectivity index is 2.68. The van der Waals surface area contributed by atoms with Crippen molar-refractivity contribution in [1.82, 2.24) is 15.0 Å². The first-order valence-corrected chi connectivity index (χ1v) is 4.64. The average molecular weight is 219 g/mol. The molecule has 0 radical (unpaired) electrons. The first-order chi connectivity index (χ1) is 7.58. The predicted octanol–water partition coefficient (Wildman–Crippen LogP) is 0.185. The van der Waals surface area contributed by atoms with Crippen LogP contribution in [0.4, 0.5) is 0 Å². The van der Waals surface area contributed by atoms with E-state index in [0.717, 1.165) is 10.2 Å². The van der Waals surface area contributed by atoms with Crippen LogP contribution in [0, 0.1) is 6.92 Å². The summed E-state index contributed by atoms with van der Waals surface area (Å²) in [6, 6.07) is 5.17. The lowest BCUT2D eigenvalue weighted by Crippen LogP contribution is -2.27. The summed E-state index contributed by atoms with van der Waals surface area (Å²) in [7, 11) is 0. The average Bonchev–Trinajstić information content (AvgIpc) is 2.22. The van der Waals surface area contributed by atoms with Gasteiger partial charge in [0, 0.05) is 0 Å². The van der Waals surface area contributed by atoms with E-state index < -0.39 is 18.1 Å². The number of aryl methyl sites for hydroxylation is 1. The van der Waals surface area contributed by atoms with Crippen molar-refractivity contribution in [2.75, 3.05) is 0 Å². The maximum atomic E-state index is 11.8. The molecular formula is C10H9N3O3. The number of aromatic nitrogens is 3. The number of benzene rings is 1. The molecule has 0 amide bonds. The van der Waals surface area contributed by atoms with Crippen molar-refractivity contribution < 1.29 is 9.90 Å². The van der Waals surface area contributed by atoms with Crippen LogP contribution in [0.5, 0.6) is 0 Å². The van der Waals surface area contributed by atoms with Gasteiger partial charge in [0.1, 0.15) is 12.1 Å². The molecule has 0 bridgehead atoms. The molecule has 0 atom stereocenters. The molecule has 0 fully saturated rings. The van der Waals surface area contributed by atoms with Crippen LogP contribution in [0.15, 0.2) is 23.0 Å². The smallest absolute Gasteiger partial charge is 0.325 e. The molecule has 0 unspecified atom stereocenters. The van der Waals surface area contributed by atoms with Gasteiger partial charge < -0.3 is 5.11 Å². The van der Waals surface area contributed by atoms with Gasteiger partial charge in [0.25, 0.3) is 5.56 Å². The summed E-state index contributed by atoms with van der Waals surface area (Å²) < 4.78 is 0.837. The van der Waals surface area contributed by atoms with Gasteiger partial charge in [-0.15, -0.1) is 5.10 Å². The van der Waals surface area contributed by atoms with Gasteiger partial charge in [0.2, 0.25) is 0 Å². The third-order valence-electron chi connectivity index (χ3n) is 2.16. The van der Waals surface area contributed by atoms with Crippen molar-refractivity contribution in [2.24, 2.45) is 0 Å². The van der Waals surface area contributed by atoms with E-state index in [1.54, 1.807) is 12.1 Å². The van der Waals surface area contributed by atoms with Crippen LogP contribution in [0.3, 0.4) is 0 Å².